The van der Waals surface area contributed by atoms with E-state index in [9.17, 15) is 18.0 Å². The number of sulfonamides is 1. The van der Waals surface area contributed by atoms with E-state index in [1.54, 1.807) is 42.2 Å². The van der Waals surface area contributed by atoms with Crippen LogP contribution in [0.3, 0.4) is 0 Å². The van der Waals surface area contributed by atoms with Gasteiger partial charge in [-0.05, 0) is 62.4 Å². The highest BCUT2D eigenvalue weighted by Gasteiger charge is 2.34. The number of hydrogen-bond donors (Lipinski definition) is 2. The fraction of sp³-hybridized carbons (Fsp3) is 0.417. The molecule has 1 fully saturated rings. The molecule has 0 spiro atoms. The van der Waals surface area contributed by atoms with Gasteiger partial charge in [-0.1, -0.05) is 37.6 Å². The molecule has 1 aliphatic rings. The zero-order valence-corrected chi connectivity index (χ0v) is 19.8. The van der Waals surface area contributed by atoms with Gasteiger partial charge in [-0.25, -0.2) is 8.42 Å². The first kappa shape index (κ1) is 23.8. The van der Waals surface area contributed by atoms with Crippen molar-refractivity contribution in [3.63, 3.8) is 0 Å². The van der Waals surface area contributed by atoms with E-state index < -0.39 is 16.1 Å². The van der Waals surface area contributed by atoms with E-state index in [4.69, 9.17) is 0 Å². The van der Waals surface area contributed by atoms with Gasteiger partial charge in [-0.15, -0.1) is 0 Å². The SMILES string of the molecule is Cc1ccc(S(=O)(=O)Nc2cccc(C(=O)N3CCC[C@H]3C(=O)NCC(C)C)c2)c(C)c1. The number of amides is 2. The highest BCUT2D eigenvalue weighted by molar-refractivity contribution is 7.92. The van der Waals surface area contributed by atoms with Gasteiger partial charge in [0, 0.05) is 24.3 Å². The lowest BCUT2D eigenvalue weighted by Gasteiger charge is -2.24. The molecular formula is C24H31N3O4S. The molecule has 0 aliphatic carbocycles. The third-order valence-electron chi connectivity index (χ3n) is 5.48. The van der Waals surface area contributed by atoms with Gasteiger partial charge in [0.05, 0.1) is 4.90 Å². The molecule has 0 saturated carbocycles. The number of benzene rings is 2. The molecule has 1 atom stereocenters. The van der Waals surface area contributed by atoms with E-state index in [2.05, 4.69) is 10.0 Å². The molecule has 0 bridgehead atoms. The summed E-state index contributed by atoms with van der Waals surface area (Å²) in [4.78, 5) is 27.5. The van der Waals surface area contributed by atoms with Crippen LogP contribution in [0, 0.1) is 19.8 Å². The van der Waals surface area contributed by atoms with Gasteiger partial charge in [0.15, 0.2) is 0 Å². The van der Waals surface area contributed by atoms with Crippen LogP contribution in [0.1, 0.15) is 48.2 Å². The van der Waals surface area contributed by atoms with Crippen LogP contribution >= 0.6 is 0 Å². The average Bonchev–Trinajstić information content (AvgIpc) is 3.21. The number of aryl methyl sites for hydroxylation is 2. The van der Waals surface area contributed by atoms with E-state index in [1.165, 1.54) is 6.07 Å². The molecule has 32 heavy (non-hydrogen) atoms. The number of nitrogens with zero attached hydrogens (tertiary/aromatic N) is 1. The Kier molecular flexibility index (Phi) is 7.23. The first-order valence-corrected chi connectivity index (χ1v) is 12.4. The normalized spacial score (nSPS) is 16.3. The molecule has 0 unspecified atom stereocenters. The molecule has 8 heteroatoms. The first-order valence-electron chi connectivity index (χ1n) is 10.9. The van der Waals surface area contributed by atoms with Crippen molar-refractivity contribution in [1.82, 2.24) is 10.2 Å². The van der Waals surface area contributed by atoms with Gasteiger partial charge in [-0.2, -0.15) is 0 Å². The minimum absolute atomic E-state index is 0.142. The number of nitrogens with one attached hydrogen (secondary N) is 2. The van der Waals surface area contributed by atoms with Gasteiger partial charge in [0.2, 0.25) is 5.91 Å². The van der Waals surface area contributed by atoms with Crippen molar-refractivity contribution in [2.24, 2.45) is 5.92 Å². The van der Waals surface area contributed by atoms with Crippen LogP contribution in [0.25, 0.3) is 0 Å². The first-order chi connectivity index (χ1) is 15.1. The molecule has 2 N–H and O–H groups in total. The summed E-state index contributed by atoms with van der Waals surface area (Å²) in [5.74, 6) is -0.0950. The van der Waals surface area contributed by atoms with Crippen molar-refractivity contribution in [3.05, 3.63) is 59.2 Å². The summed E-state index contributed by atoms with van der Waals surface area (Å²) in [6.45, 7) is 8.75. The second kappa shape index (κ2) is 9.73. The maximum atomic E-state index is 13.1. The number of carbonyl (C=O) groups excluding carboxylic acids is 2. The molecule has 2 aromatic carbocycles. The fourth-order valence-electron chi connectivity index (χ4n) is 3.90. The molecule has 3 rings (SSSR count). The molecule has 0 aromatic heterocycles. The number of rotatable bonds is 7. The minimum atomic E-state index is -3.80. The van der Waals surface area contributed by atoms with Crippen molar-refractivity contribution < 1.29 is 18.0 Å². The monoisotopic (exact) mass is 457 g/mol. The van der Waals surface area contributed by atoms with Gasteiger partial charge in [0.1, 0.15) is 6.04 Å². The Morgan fingerprint density at radius 1 is 1.12 bits per heavy atom. The smallest absolute Gasteiger partial charge is 0.262 e. The molecular weight excluding hydrogens is 426 g/mol. The van der Waals surface area contributed by atoms with E-state index in [0.717, 1.165) is 12.0 Å². The lowest BCUT2D eigenvalue weighted by atomic mass is 10.1. The van der Waals surface area contributed by atoms with Crippen LogP contribution < -0.4 is 10.0 Å². The number of anilines is 1. The summed E-state index contributed by atoms with van der Waals surface area (Å²) in [6.07, 6.45) is 1.37. The van der Waals surface area contributed by atoms with E-state index in [-0.39, 0.29) is 16.7 Å². The summed E-state index contributed by atoms with van der Waals surface area (Å²) >= 11 is 0. The highest BCUT2D eigenvalue weighted by atomic mass is 32.2. The average molecular weight is 458 g/mol. The number of carbonyl (C=O) groups is 2. The van der Waals surface area contributed by atoms with E-state index in [0.29, 0.717) is 42.2 Å². The van der Waals surface area contributed by atoms with Crippen molar-refractivity contribution in [2.45, 2.75) is 51.5 Å². The lowest BCUT2D eigenvalue weighted by Crippen LogP contribution is -2.46. The van der Waals surface area contributed by atoms with Crippen molar-refractivity contribution >= 4 is 27.5 Å². The van der Waals surface area contributed by atoms with E-state index >= 15 is 0 Å². The highest BCUT2D eigenvalue weighted by Crippen LogP contribution is 2.24. The second-order valence-electron chi connectivity index (χ2n) is 8.75. The predicted molar refractivity (Wildman–Crippen MR) is 125 cm³/mol. The van der Waals surface area contributed by atoms with Crippen LogP contribution in [0.4, 0.5) is 5.69 Å². The standard InChI is InChI=1S/C24H31N3O4S/c1-16(2)15-25-23(28)21-9-6-12-27(21)24(29)19-7-5-8-20(14-19)26-32(30,31)22-11-10-17(3)13-18(22)4/h5,7-8,10-11,13-14,16,21,26H,6,9,12,15H2,1-4H3,(H,25,28)/t21-/m0/s1. The van der Waals surface area contributed by atoms with Gasteiger partial charge >= 0.3 is 0 Å². The topological polar surface area (TPSA) is 95.6 Å². The summed E-state index contributed by atoms with van der Waals surface area (Å²) in [6, 6.07) is 11.0. The Morgan fingerprint density at radius 3 is 2.56 bits per heavy atom. The predicted octanol–water partition coefficient (Wildman–Crippen LogP) is 3.48. The largest absolute Gasteiger partial charge is 0.354 e. The molecule has 2 amide bonds. The van der Waals surface area contributed by atoms with Crippen molar-refractivity contribution in [1.29, 1.82) is 0 Å². The molecule has 172 valence electrons. The molecule has 1 heterocycles. The molecule has 1 saturated heterocycles. The third kappa shape index (κ3) is 5.48. The zero-order chi connectivity index (χ0) is 23.5. The van der Waals surface area contributed by atoms with Gasteiger partial charge in [0.25, 0.3) is 15.9 Å². The minimum Gasteiger partial charge on any atom is -0.354 e. The summed E-state index contributed by atoms with van der Waals surface area (Å²) in [5, 5.41) is 2.91. The molecule has 2 aromatic rings. The Labute approximate surface area is 190 Å². The molecule has 7 nitrogen and oxygen atoms in total. The summed E-state index contributed by atoms with van der Waals surface area (Å²) < 4.78 is 28.3. The van der Waals surface area contributed by atoms with Crippen LogP contribution in [0.2, 0.25) is 0 Å². The molecule has 1 aliphatic heterocycles. The number of likely N-dealkylation sites (tertiary alicyclic amines) is 1. The number of hydrogen-bond acceptors (Lipinski definition) is 4. The van der Waals surface area contributed by atoms with Crippen LogP contribution in [-0.4, -0.2) is 44.3 Å². The Balaban J connectivity index is 1.78. The zero-order valence-electron chi connectivity index (χ0n) is 19.0. The lowest BCUT2D eigenvalue weighted by molar-refractivity contribution is -0.125. The van der Waals surface area contributed by atoms with Crippen LogP contribution in [0.15, 0.2) is 47.4 Å². The quantitative estimate of drug-likeness (QED) is 0.665. The summed E-state index contributed by atoms with van der Waals surface area (Å²) in [7, 11) is -3.80. The van der Waals surface area contributed by atoms with Crippen molar-refractivity contribution in [2.75, 3.05) is 17.8 Å². The maximum Gasteiger partial charge on any atom is 0.262 e. The van der Waals surface area contributed by atoms with E-state index in [1.807, 2.05) is 26.8 Å². The Morgan fingerprint density at radius 2 is 1.88 bits per heavy atom. The fourth-order valence-corrected chi connectivity index (χ4v) is 5.17. The van der Waals surface area contributed by atoms with Crippen LogP contribution in [-0.2, 0) is 14.8 Å². The second-order valence-corrected chi connectivity index (χ2v) is 10.4. The van der Waals surface area contributed by atoms with Gasteiger partial charge < -0.3 is 10.2 Å². The maximum absolute atomic E-state index is 13.1. The Hall–Kier alpha value is -2.87. The Bertz CT molecular complexity index is 1110. The van der Waals surface area contributed by atoms with Gasteiger partial charge in [-0.3, -0.25) is 14.3 Å². The van der Waals surface area contributed by atoms with Crippen LogP contribution in [0.5, 0.6) is 0 Å². The summed E-state index contributed by atoms with van der Waals surface area (Å²) in [5.41, 5.74) is 2.27. The molecule has 0 radical (unpaired) electrons. The third-order valence-corrected chi connectivity index (χ3v) is 7.02. The van der Waals surface area contributed by atoms with Crippen molar-refractivity contribution in [3.8, 4) is 0 Å².